The number of aliphatic hydroxyl groups is 2. The molecule has 0 aromatic heterocycles. The van der Waals surface area contributed by atoms with Gasteiger partial charge in [-0.3, -0.25) is 4.79 Å². The molecule has 0 aromatic carbocycles. The van der Waals surface area contributed by atoms with Crippen LogP contribution >= 0.6 is 0 Å². The van der Waals surface area contributed by atoms with E-state index < -0.39 is 6.10 Å². The Kier molecular flexibility index (Phi) is 6.14. The summed E-state index contributed by atoms with van der Waals surface area (Å²) in [5, 5.41) is 21.8. The third-order valence-electron chi connectivity index (χ3n) is 11.7. The lowest BCUT2D eigenvalue weighted by atomic mass is 9.41. The van der Waals surface area contributed by atoms with Crippen LogP contribution < -0.4 is 0 Å². The van der Waals surface area contributed by atoms with Crippen molar-refractivity contribution in [2.24, 2.45) is 45.3 Å². The molecule has 3 saturated carbocycles. The molecule has 0 amide bonds. The summed E-state index contributed by atoms with van der Waals surface area (Å²) >= 11 is 0. The van der Waals surface area contributed by atoms with Gasteiger partial charge in [0.1, 0.15) is 6.10 Å². The molecule has 4 aliphatic rings. The summed E-state index contributed by atoms with van der Waals surface area (Å²) in [7, 11) is 0. The zero-order valence-corrected chi connectivity index (χ0v) is 22.4. The number of carbonyl (C=O) groups is 1. The monoisotopic (exact) mass is 456 g/mol. The molecule has 9 atom stereocenters. The number of ketones is 1. The lowest BCUT2D eigenvalue weighted by molar-refractivity contribution is -0.135. The van der Waals surface area contributed by atoms with Crippen LogP contribution in [-0.2, 0) is 4.79 Å². The molecular formula is C30H48O3. The Morgan fingerprint density at radius 2 is 1.73 bits per heavy atom. The molecule has 4 rings (SSSR count). The van der Waals surface area contributed by atoms with Gasteiger partial charge in [0, 0.05) is 0 Å². The van der Waals surface area contributed by atoms with Crippen LogP contribution in [0.1, 0.15) is 100 Å². The fraction of sp³-hybridized carbons (Fsp3) is 0.833. The van der Waals surface area contributed by atoms with Crippen molar-refractivity contribution in [2.45, 2.75) is 113 Å². The number of fused-ring (bicyclic) bond motifs is 5. The van der Waals surface area contributed by atoms with E-state index in [1.807, 2.05) is 13.8 Å². The Morgan fingerprint density at radius 3 is 2.36 bits per heavy atom. The Bertz CT molecular complexity index is 864. The van der Waals surface area contributed by atoms with E-state index in [1.54, 1.807) is 11.6 Å². The standard InChI is InChI=1S/C30H48O3/c1-18(2)17-23(31)26(33)19(3)20-11-15-30(8)22-9-10-24-27(4,5)25(32)13-14-28(24,6)21(22)12-16-29(20,30)7/h9,17,19-21,24-26,32-33H,10-16H2,1-8H3/t19-,20+,21+,24-,25+,26+,28-,29+,30-/m1/s1. The molecule has 0 aliphatic heterocycles. The average molecular weight is 457 g/mol. The van der Waals surface area contributed by atoms with Gasteiger partial charge in [-0.1, -0.05) is 58.8 Å². The van der Waals surface area contributed by atoms with E-state index >= 15 is 0 Å². The molecule has 33 heavy (non-hydrogen) atoms. The highest BCUT2D eigenvalue weighted by Crippen LogP contribution is 2.73. The Morgan fingerprint density at radius 1 is 1.06 bits per heavy atom. The van der Waals surface area contributed by atoms with Gasteiger partial charge >= 0.3 is 0 Å². The number of hydrogen-bond donors (Lipinski definition) is 2. The van der Waals surface area contributed by atoms with E-state index in [9.17, 15) is 15.0 Å². The van der Waals surface area contributed by atoms with Gasteiger partial charge in [0.25, 0.3) is 0 Å². The van der Waals surface area contributed by atoms with Gasteiger partial charge in [-0.15, -0.1) is 0 Å². The molecule has 0 bridgehead atoms. The largest absolute Gasteiger partial charge is 0.393 e. The van der Waals surface area contributed by atoms with Gasteiger partial charge in [-0.05, 0) is 110 Å². The molecule has 3 nitrogen and oxygen atoms in total. The zero-order chi connectivity index (χ0) is 24.6. The number of hydrogen-bond acceptors (Lipinski definition) is 3. The van der Waals surface area contributed by atoms with Crippen LogP contribution in [0.25, 0.3) is 0 Å². The van der Waals surface area contributed by atoms with Gasteiger partial charge in [0.15, 0.2) is 5.78 Å². The fourth-order valence-corrected chi connectivity index (χ4v) is 9.43. The molecule has 0 aromatic rings. The smallest absolute Gasteiger partial charge is 0.184 e. The van der Waals surface area contributed by atoms with Crippen molar-refractivity contribution in [1.82, 2.24) is 0 Å². The molecule has 2 N–H and O–H groups in total. The first-order chi connectivity index (χ1) is 15.2. The van der Waals surface area contributed by atoms with E-state index in [2.05, 4.69) is 47.6 Å². The SMILES string of the molecule is CC(C)=CC(=O)[C@@H](O)[C@H](C)[C@@H]1CC[C@]2(C)C3=CC[C@@H]4C(C)(C)[C@@H](O)CC[C@]4(C)[C@H]3CC[C@@]12C. The van der Waals surface area contributed by atoms with Crippen molar-refractivity contribution < 1.29 is 15.0 Å². The fourth-order valence-electron chi connectivity index (χ4n) is 9.43. The third kappa shape index (κ3) is 3.46. The van der Waals surface area contributed by atoms with Crippen LogP contribution in [0.3, 0.4) is 0 Å². The first-order valence-electron chi connectivity index (χ1n) is 13.5. The molecule has 0 unspecified atom stereocenters. The topological polar surface area (TPSA) is 57.5 Å². The number of carbonyl (C=O) groups excluding carboxylic acids is 1. The Balaban J connectivity index is 1.66. The van der Waals surface area contributed by atoms with E-state index in [-0.39, 0.29) is 39.5 Å². The first kappa shape index (κ1) is 25.2. The highest BCUT2D eigenvalue weighted by molar-refractivity contribution is 5.94. The van der Waals surface area contributed by atoms with Crippen LogP contribution in [0.2, 0.25) is 0 Å². The van der Waals surface area contributed by atoms with Crippen molar-refractivity contribution in [3.8, 4) is 0 Å². The van der Waals surface area contributed by atoms with E-state index in [0.29, 0.717) is 17.8 Å². The summed E-state index contributed by atoms with van der Waals surface area (Å²) in [6.07, 6.45) is 10.8. The minimum atomic E-state index is -0.912. The average Bonchev–Trinajstić information content (AvgIpc) is 3.01. The molecule has 0 spiro atoms. The molecule has 3 fully saturated rings. The second-order valence-corrected chi connectivity index (χ2v) is 13.7. The zero-order valence-electron chi connectivity index (χ0n) is 22.4. The minimum Gasteiger partial charge on any atom is -0.393 e. The lowest BCUT2D eigenvalue weighted by Gasteiger charge is -2.64. The number of rotatable bonds is 4. The van der Waals surface area contributed by atoms with Crippen LogP contribution in [-0.4, -0.2) is 28.2 Å². The van der Waals surface area contributed by atoms with Crippen molar-refractivity contribution in [1.29, 1.82) is 0 Å². The predicted molar refractivity (Wildman–Crippen MR) is 135 cm³/mol. The normalized spacial score (nSPS) is 45.7. The van der Waals surface area contributed by atoms with E-state index in [0.717, 1.165) is 44.1 Å². The molecule has 186 valence electrons. The first-order valence-corrected chi connectivity index (χ1v) is 13.5. The van der Waals surface area contributed by atoms with Crippen LogP contribution in [0.15, 0.2) is 23.3 Å². The predicted octanol–water partition coefficient (Wildman–Crippen LogP) is 6.48. The van der Waals surface area contributed by atoms with Crippen LogP contribution in [0, 0.1) is 45.3 Å². The summed E-state index contributed by atoms with van der Waals surface area (Å²) in [6.45, 7) is 18.0. The summed E-state index contributed by atoms with van der Waals surface area (Å²) in [4.78, 5) is 12.7. The quantitative estimate of drug-likeness (QED) is 0.376. The molecule has 0 saturated heterocycles. The number of allylic oxidation sites excluding steroid dienone is 3. The lowest BCUT2D eigenvalue weighted by Crippen LogP contribution is -2.58. The van der Waals surface area contributed by atoms with Gasteiger partial charge in [0.2, 0.25) is 0 Å². The molecule has 4 aliphatic carbocycles. The maximum absolute atomic E-state index is 12.7. The van der Waals surface area contributed by atoms with Crippen molar-refractivity contribution in [3.63, 3.8) is 0 Å². The van der Waals surface area contributed by atoms with E-state index in [4.69, 9.17) is 0 Å². The van der Waals surface area contributed by atoms with E-state index in [1.165, 1.54) is 6.42 Å². The summed E-state index contributed by atoms with van der Waals surface area (Å²) in [5.74, 6) is 1.29. The summed E-state index contributed by atoms with van der Waals surface area (Å²) in [5.41, 5.74) is 3.06. The Labute approximate surface area is 202 Å². The molecule has 0 radical (unpaired) electrons. The molecule has 0 heterocycles. The molecule has 3 heteroatoms. The highest BCUT2D eigenvalue weighted by atomic mass is 16.3. The van der Waals surface area contributed by atoms with Gasteiger partial charge in [-0.25, -0.2) is 0 Å². The highest BCUT2D eigenvalue weighted by Gasteiger charge is 2.65. The summed E-state index contributed by atoms with van der Waals surface area (Å²) < 4.78 is 0. The second-order valence-electron chi connectivity index (χ2n) is 13.7. The second kappa shape index (κ2) is 8.05. The summed E-state index contributed by atoms with van der Waals surface area (Å²) in [6, 6.07) is 0. The van der Waals surface area contributed by atoms with Crippen molar-refractivity contribution in [3.05, 3.63) is 23.3 Å². The Hall–Kier alpha value is -0.930. The molecular weight excluding hydrogens is 408 g/mol. The van der Waals surface area contributed by atoms with Crippen LogP contribution in [0.4, 0.5) is 0 Å². The van der Waals surface area contributed by atoms with Crippen LogP contribution in [0.5, 0.6) is 0 Å². The van der Waals surface area contributed by atoms with Gasteiger partial charge in [0.05, 0.1) is 6.10 Å². The van der Waals surface area contributed by atoms with Gasteiger partial charge in [-0.2, -0.15) is 0 Å². The van der Waals surface area contributed by atoms with Gasteiger partial charge < -0.3 is 10.2 Å². The maximum Gasteiger partial charge on any atom is 0.184 e. The number of aliphatic hydroxyl groups excluding tert-OH is 2. The van der Waals surface area contributed by atoms with Crippen molar-refractivity contribution >= 4 is 5.78 Å². The third-order valence-corrected chi connectivity index (χ3v) is 11.7. The maximum atomic E-state index is 12.7. The minimum absolute atomic E-state index is 0.0345. The van der Waals surface area contributed by atoms with Crippen molar-refractivity contribution in [2.75, 3.05) is 0 Å².